The van der Waals surface area contributed by atoms with Gasteiger partial charge in [-0.05, 0) is 50.1 Å². The third kappa shape index (κ3) is 3.22. The first-order chi connectivity index (χ1) is 10.1. The van der Waals surface area contributed by atoms with Crippen molar-refractivity contribution in [1.82, 2.24) is 15.5 Å². The van der Waals surface area contributed by atoms with Gasteiger partial charge in [-0.25, -0.2) is 0 Å². The Bertz CT molecular complexity index is 644. The summed E-state index contributed by atoms with van der Waals surface area (Å²) in [6.07, 6.45) is 2.04. The number of amides is 1. The van der Waals surface area contributed by atoms with Gasteiger partial charge in [0.05, 0.1) is 6.04 Å². The third-order valence-electron chi connectivity index (χ3n) is 3.32. The molecule has 1 aliphatic heterocycles. The van der Waals surface area contributed by atoms with Gasteiger partial charge < -0.3 is 9.73 Å². The van der Waals surface area contributed by atoms with Crippen molar-refractivity contribution in [2.75, 3.05) is 11.9 Å². The molecule has 1 saturated heterocycles. The number of hydrogen-bond donors (Lipinski definition) is 2. The van der Waals surface area contributed by atoms with Crippen LogP contribution in [-0.4, -0.2) is 22.6 Å². The number of hydrogen-bond acceptors (Lipinski definition) is 5. The second kappa shape index (κ2) is 5.83. The maximum absolute atomic E-state index is 12.1. The molecule has 0 aliphatic carbocycles. The molecular formula is C14H15ClN4O2. The predicted molar refractivity (Wildman–Crippen MR) is 78.4 cm³/mol. The highest BCUT2D eigenvalue weighted by atomic mass is 35.5. The van der Waals surface area contributed by atoms with Crippen LogP contribution in [-0.2, 0) is 0 Å². The lowest BCUT2D eigenvalue weighted by molar-refractivity contribution is 0.102. The number of aryl methyl sites for hydroxylation is 1. The van der Waals surface area contributed by atoms with Crippen LogP contribution in [0.4, 0.5) is 6.01 Å². The smallest absolute Gasteiger partial charge is 0.322 e. The van der Waals surface area contributed by atoms with E-state index in [2.05, 4.69) is 20.8 Å². The molecule has 1 atom stereocenters. The first-order valence-electron chi connectivity index (χ1n) is 6.77. The van der Waals surface area contributed by atoms with E-state index < -0.39 is 0 Å². The van der Waals surface area contributed by atoms with Crippen LogP contribution in [0.1, 0.15) is 40.7 Å². The summed E-state index contributed by atoms with van der Waals surface area (Å²) in [4.78, 5) is 12.1. The zero-order chi connectivity index (χ0) is 14.8. The first kappa shape index (κ1) is 14.0. The molecule has 2 aromatic rings. The van der Waals surface area contributed by atoms with E-state index in [0.717, 1.165) is 24.9 Å². The molecule has 21 heavy (non-hydrogen) atoms. The van der Waals surface area contributed by atoms with E-state index in [1.807, 2.05) is 6.92 Å². The average Bonchev–Trinajstić information content (AvgIpc) is 3.07. The zero-order valence-corrected chi connectivity index (χ0v) is 12.3. The van der Waals surface area contributed by atoms with Crippen LogP contribution in [0, 0.1) is 6.92 Å². The average molecular weight is 307 g/mol. The number of aromatic nitrogens is 2. The highest BCUT2D eigenvalue weighted by Gasteiger charge is 2.22. The summed E-state index contributed by atoms with van der Waals surface area (Å²) in [6.45, 7) is 2.82. The molecule has 0 saturated carbocycles. The number of carbonyl (C=O) groups is 1. The van der Waals surface area contributed by atoms with E-state index in [4.69, 9.17) is 16.0 Å². The van der Waals surface area contributed by atoms with Gasteiger partial charge >= 0.3 is 6.01 Å². The number of anilines is 1. The van der Waals surface area contributed by atoms with E-state index in [1.165, 1.54) is 0 Å². The quantitative estimate of drug-likeness (QED) is 0.911. The summed E-state index contributed by atoms with van der Waals surface area (Å²) in [7, 11) is 0. The lowest BCUT2D eigenvalue weighted by Crippen LogP contribution is -2.13. The van der Waals surface area contributed by atoms with E-state index in [0.29, 0.717) is 16.5 Å². The first-order valence-corrected chi connectivity index (χ1v) is 7.15. The van der Waals surface area contributed by atoms with Crippen LogP contribution >= 0.6 is 11.6 Å². The highest BCUT2D eigenvalue weighted by Crippen LogP contribution is 2.23. The Balaban J connectivity index is 1.72. The van der Waals surface area contributed by atoms with E-state index in [-0.39, 0.29) is 18.0 Å². The molecule has 3 rings (SSSR count). The Morgan fingerprint density at radius 1 is 1.43 bits per heavy atom. The van der Waals surface area contributed by atoms with Crippen molar-refractivity contribution in [3.8, 4) is 0 Å². The topological polar surface area (TPSA) is 80.0 Å². The van der Waals surface area contributed by atoms with Crippen LogP contribution < -0.4 is 10.6 Å². The van der Waals surface area contributed by atoms with Gasteiger partial charge in [0.15, 0.2) is 0 Å². The second-order valence-electron chi connectivity index (χ2n) is 5.07. The van der Waals surface area contributed by atoms with Crippen LogP contribution in [0.3, 0.4) is 0 Å². The molecule has 0 radical (unpaired) electrons. The molecule has 7 heteroatoms. The van der Waals surface area contributed by atoms with Crippen molar-refractivity contribution >= 4 is 23.5 Å². The molecule has 110 valence electrons. The predicted octanol–water partition coefficient (Wildman–Crippen LogP) is 2.71. The van der Waals surface area contributed by atoms with Gasteiger partial charge in [0.1, 0.15) is 0 Å². The maximum atomic E-state index is 12.1. The Kier molecular flexibility index (Phi) is 3.90. The Hall–Kier alpha value is -1.92. The number of rotatable bonds is 3. The number of nitrogens with one attached hydrogen (secondary N) is 2. The van der Waals surface area contributed by atoms with Gasteiger partial charge in [0.2, 0.25) is 5.89 Å². The minimum absolute atomic E-state index is 0.0802. The van der Waals surface area contributed by atoms with Crippen molar-refractivity contribution in [2.24, 2.45) is 0 Å². The molecule has 1 fully saturated rings. The molecule has 1 aromatic heterocycles. The van der Waals surface area contributed by atoms with Crippen LogP contribution in [0.5, 0.6) is 0 Å². The van der Waals surface area contributed by atoms with Crippen molar-refractivity contribution < 1.29 is 9.21 Å². The Labute approximate surface area is 126 Å². The zero-order valence-electron chi connectivity index (χ0n) is 11.5. The van der Waals surface area contributed by atoms with Crippen molar-refractivity contribution in [3.05, 3.63) is 40.2 Å². The van der Waals surface area contributed by atoms with Crippen LogP contribution in [0.25, 0.3) is 0 Å². The summed E-state index contributed by atoms with van der Waals surface area (Å²) in [5, 5.41) is 14.2. The molecule has 0 spiro atoms. The van der Waals surface area contributed by atoms with E-state index in [9.17, 15) is 4.79 Å². The largest absolute Gasteiger partial charge is 0.406 e. The molecule has 1 amide bonds. The van der Waals surface area contributed by atoms with Gasteiger partial charge in [-0.3, -0.25) is 10.1 Å². The molecule has 1 aromatic carbocycles. The fourth-order valence-corrected chi connectivity index (χ4v) is 2.65. The normalized spacial score (nSPS) is 17.9. The van der Waals surface area contributed by atoms with Gasteiger partial charge in [-0.2, -0.15) is 0 Å². The highest BCUT2D eigenvalue weighted by molar-refractivity contribution is 6.31. The van der Waals surface area contributed by atoms with Crippen LogP contribution in [0.15, 0.2) is 22.6 Å². The summed E-state index contributed by atoms with van der Waals surface area (Å²) < 4.78 is 5.47. The van der Waals surface area contributed by atoms with E-state index in [1.54, 1.807) is 18.2 Å². The van der Waals surface area contributed by atoms with Crippen LogP contribution in [0.2, 0.25) is 5.02 Å². The summed E-state index contributed by atoms with van der Waals surface area (Å²) in [6, 6.07) is 5.31. The number of halogens is 1. The summed E-state index contributed by atoms with van der Waals surface area (Å²) in [5.74, 6) is 0.181. The fraction of sp³-hybridized carbons (Fsp3) is 0.357. The lowest BCUT2D eigenvalue weighted by atomic mass is 10.1. The molecular weight excluding hydrogens is 292 g/mol. The molecule has 2 heterocycles. The van der Waals surface area contributed by atoms with Crippen molar-refractivity contribution in [2.45, 2.75) is 25.8 Å². The Morgan fingerprint density at radius 2 is 2.29 bits per heavy atom. The Morgan fingerprint density at radius 3 is 3.00 bits per heavy atom. The van der Waals surface area contributed by atoms with E-state index >= 15 is 0 Å². The minimum Gasteiger partial charge on any atom is -0.406 e. The maximum Gasteiger partial charge on any atom is 0.322 e. The van der Waals surface area contributed by atoms with Gasteiger partial charge in [-0.15, -0.1) is 5.10 Å². The van der Waals surface area contributed by atoms with Gasteiger partial charge in [0.25, 0.3) is 5.91 Å². The second-order valence-corrected chi connectivity index (χ2v) is 5.50. The number of nitrogens with zero attached hydrogens (tertiary/aromatic N) is 2. The molecule has 2 N–H and O–H groups in total. The fourth-order valence-electron chi connectivity index (χ4n) is 2.36. The monoisotopic (exact) mass is 306 g/mol. The molecule has 6 nitrogen and oxygen atoms in total. The van der Waals surface area contributed by atoms with Gasteiger partial charge in [-0.1, -0.05) is 16.7 Å². The van der Waals surface area contributed by atoms with Crippen molar-refractivity contribution in [3.63, 3.8) is 0 Å². The number of benzene rings is 1. The SMILES string of the molecule is Cc1cc(Cl)cc(C(=O)Nc2nnc(C3CCCN3)o2)c1. The molecule has 1 unspecified atom stereocenters. The molecule has 1 aliphatic rings. The summed E-state index contributed by atoms with van der Waals surface area (Å²) in [5.41, 5.74) is 1.37. The number of carbonyl (C=O) groups excluding carboxylic acids is 1. The third-order valence-corrected chi connectivity index (χ3v) is 3.54. The lowest BCUT2D eigenvalue weighted by Gasteiger charge is -2.04. The summed E-state index contributed by atoms with van der Waals surface area (Å²) >= 11 is 5.95. The van der Waals surface area contributed by atoms with Gasteiger partial charge in [0, 0.05) is 10.6 Å². The minimum atomic E-state index is -0.324. The van der Waals surface area contributed by atoms with Crippen molar-refractivity contribution in [1.29, 1.82) is 0 Å². The standard InChI is InChI=1S/C14H15ClN4O2/c1-8-5-9(7-10(15)6-8)12(20)17-14-19-18-13(21-14)11-3-2-4-16-11/h5-7,11,16H,2-4H2,1H3,(H,17,19,20). The molecule has 0 bridgehead atoms.